The molecule has 5 nitrogen and oxygen atoms in total. The minimum atomic E-state index is 0.0459. The minimum absolute atomic E-state index is 0.0459. The normalized spacial score (nSPS) is 19.0. The standard InChI is InChI=1S/C15H26N4O/c1-4-16-10-13-6-5-8-19(13)14-15(20)18(9-7-17-14)11-12(2)3/h7,9,12-13,16H,4-6,8,10-11H2,1-3H3. The maximum Gasteiger partial charge on any atom is 0.293 e. The molecule has 1 unspecified atom stereocenters. The molecule has 0 radical (unpaired) electrons. The molecule has 0 aliphatic carbocycles. The number of aromatic nitrogens is 2. The van der Waals surface area contributed by atoms with Gasteiger partial charge in [0.2, 0.25) is 0 Å². The second-order valence-corrected chi connectivity index (χ2v) is 5.90. The van der Waals surface area contributed by atoms with E-state index in [0.29, 0.717) is 17.8 Å². The maximum atomic E-state index is 12.5. The van der Waals surface area contributed by atoms with Crippen LogP contribution in [0.3, 0.4) is 0 Å². The first-order valence-corrected chi connectivity index (χ1v) is 7.66. The summed E-state index contributed by atoms with van der Waals surface area (Å²) in [4.78, 5) is 19.1. The number of nitrogens with zero attached hydrogens (tertiary/aromatic N) is 3. The van der Waals surface area contributed by atoms with Crippen LogP contribution in [-0.4, -0.2) is 35.2 Å². The van der Waals surface area contributed by atoms with Gasteiger partial charge >= 0.3 is 0 Å². The highest BCUT2D eigenvalue weighted by atomic mass is 16.1. The van der Waals surface area contributed by atoms with Gasteiger partial charge in [-0.15, -0.1) is 0 Å². The Bertz CT molecular complexity index is 483. The number of hydrogen-bond donors (Lipinski definition) is 1. The van der Waals surface area contributed by atoms with Crippen LogP contribution in [0.5, 0.6) is 0 Å². The number of hydrogen-bond acceptors (Lipinski definition) is 4. The van der Waals surface area contributed by atoms with Crippen molar-refractivity contribution in [3.05, 3.63) is 22.7 Å². The van der Waals surface area contributed by atoms with Crippen molar-refractivity contribution < 1.29 is 0 Å². The first-order valence-electron chi connectivity index (χ1n) is 7.66. The third-order valence-electron chi connectivity index (χ3n) is 3.74. The lowest BCUT2D eigenvalue weighted by Gasteiger charge is -2.25. The first kappa shape index (κ1) is 15.0. The summed E-state index contributed by atoms with van der Waals surface area (Å²) in [5.41, 5.74) is 0.0459. The van der Waals surface area contributed by atoms with Crippen LogP contribution in [0.25, 0.3) is 0 Å². The van der Waals surface area contributed by atoms with Crippen LogP contribution in [0.1, 0.15) is 33.6 Å². The van der Waals surface area contributed by atoms with E-state index in [-0.39, 0.29) is 5.56 Å². The molecular weight excluding hydrogens is 252 g/mol. The fourth-order valence-electron chi connectivity index (χ4n) is 2.81. The van der Waals surface area contributed by atoms with E-state index in [1.807, 2.05) is 0 Å². The summed E-state index contributed by atoms with van der Waals surface area (Å²) >= 11 is 0. The van der Waals surface area contributed by atoms with Crippen molar-refractivity contribution in [2.24, 2.45) is 5.92 Å². The van der Waals surface area contributed by atoms with Gasteiger partial charge in [0.1, 0.15) is 0 Å². The van der Waals surface area contributed by atoms with Gasteiger partial charge in [0.15, 0.2) is 5.82 Å². The van der Waals surface area contributed by atoms with Gasteiger partial charge < -0.3 is 14.8 Å². The van der Waals surface area contributed by atoms with Gasteiger partial charge in [0.25, 0.3) is 5.56 Å². The summed E-state index contributed by atoms with van der Waals surface area (Å²) in [6.45, 7) is 9.92. The Labute approximate surface area is 121 Å². The number of nitrogens with one attached hydrogen (secondary N) is 1. The van der Waals surface area contributed by atoms with E-state index in [9.17, 15) is 4.79 Å². The molecule has 1 fully saturated rings. The van der Waals surface area contributed by atoms with Gasteiger partial charge in [0, 0.05) is 38.1 Å². The molecule has 1 atom stereocenters. The molecule has 0 bridgehead atoms. The Morgan fingerprint density at radius 3 is 3.00 bits per heavy atom. The van der Waals surface area contributed by atoms with Gasteiger partial charge in [-0.2, -0.15) is 0 Å². The summed E-state index contributed by atoms with van der Waals surface area (Å²) in [7, 11) is 0. The molecule has 2 heterocycles. The van der Waals surface area contributed by atoms with Crippen LogP contribution in [-0.2, 0) is 6.54 Å². The minimum Gasteiger partial charge on any atom is -0.348 e. The lowest BCUT2D eigenvalue weighted by atomic mass is 10.2. The molecule has 1 aliphatic rings. The third-order valence-corrected chi connectivity index (χ3v) is 3.74. The second-order valence-electron chi connectivity index (χ2n) is 5.90. The van der Waals surface area contributed by atoms with Crippen LogP contribution < -0.4 is 15.8 Å². The topological polar surface area (TPSA) is 50.2 Å². The Balaban J connectivity index is 2.21. The Kier molecular flexibility index (Phi) is 5.17. The molecule has 0 spiro atoms. The van der Waals surface area contributed by atoms with E-state index in [4.69, 9.17) is 0 Å². The molecule has 0 saturated carbocycles. The maximum absolute atomic E-state index is 12.5. The molecule has 1 saturated heterocycles. The largest absolute Gasteiger partial charge is 0.348 e. The van der Waals surface area contributed by atoms with E-state index in [1.54, 1.807) is 17.0 Å². The molecule has 1 aromatic heterocycles. The average molecular weight is 278 g/mol. The smallest absolute Gasteiger partial charge is 0.293 e. The molecule has 1 aromatic rings. The molecule has 1 N–H and O–H groups in total. The van der Waals surface area contributed by atoms with Crippen molar-refractivity contribution in [2.75, 3.05) is 24.5 Å². The summed E-state index contributed by atoms with van der Waals surface area (Å²) < 4.78 is 1.79. The lowest BCUT2D eigenvalue weighted by molar-refractivity contribution is 0.506. The van der Waals surface area contributed by atoms with Crippen LogP contribution in [0, 0.1) is 5.92 Å². The molecule has 0 aromatic carbocycles. The van der Waals surface area contributed by atoms with Gasteiger partial charge in [-0.3, -0.25) is 4.79 Å². The molecule has 20 heavy (non-hydrogen) atoms. The number of rotatable bonds is 6. The van der Waals surface area contributed by atoms with Crippen molar-refractivity contribution >= 4 is 5.82 Å². The molecule has 5 heteroatoms. The second kappa shape index (κ2) is 6.88. The van der Waals surface area contributed by atoms with Crippen LogP contribution in [0.4, 0.5) is 5.82 Å². The highest BCUT2D eigenvalue weighted by Gasteiger charge is 2.27. The van der Waals surface area contributed by atoms with Crippen molar-refractivity contribution in [3.63, 3.8) is 0 Å². The van der Waals surface area contributed by atoms with E-state index < -0.39 is 0 Å². The average Bonchev–Trinajstić information content (AvgIpc) is 2.86. The van der Waals surface area contributed by atoms with Crippen molar-refractivity contribution in [1.82, 2.24) is 14.9 Å². The fourth-order valence-corrected chi connectivity index (χ4v) is 2.81. The van der Waals surface area contributed by atoms with E-state index >= 15 is 0 Å². The van der Waals surface area contributed by atoms with Gasteiger partial charge in [-0.05, 0) is 25.3 Å². The molecule has 2 rings (SSSR count). The molecule has 112 valence electrons. The van der Waals surface area contributed by atoms with E-state index in [1.165, 1.54) is 0 Å². The van der Waals surface area contributed by atoms with E-state index in [0.717, 1.165) is 39.0 Å². The van der Waals surface area contributed by atoms with Crippen LogP contribution >= 0.6 is 0 Å². The highest BCUT2D eigenvalue weighted by Crippen LogP contribution is 2.20. The quantitative estimate of drug-likeness (QED) is 0.856. The fraction of sp³-hybridized carbons (Fsp3) is 0.733. The zero-order valence-corrected chi connectivity index (χ0v) is 12.8. The molecular formula is C15H26N4O. The zero-order chi connectivity index (χ0) is 14.5. The monoisotopic (exact) mass is 278 g/mol. The Hall–Kier alpha value is -1.36. The summed E-state index contributed by atoms with van der Waals surface area (Å²) in [6.07, 6.45) is 5.81. The van der Waals surface area contributed by atoms with Crippen LogP contribution in [0.2, 0.25) is 0 Å². The van der Waals surface area contributed by atoms with Crippen molar-refractivity contribution in [1.29, 1.82) is 0 Å². The predicted octanol–water partition coefficient (Wildman–Crippen LogP) is 1.48. The third kappa shape index (κ3) is 3.39. The van der Waals surface area contributed by atoms with Gasteiger partial charge in [-0.1, -0.05) is 20.8 Å². The van der Waals surface area contributed by atoms with Gasteiger partial charge in [0.05, 0.1) is 0 Å². The van der Waals surface area contributed by atoms with E-state index in [2.05, 4.69) is 36.0 Å². The predicted molar refractivity (Wildman–Crippen MR) is 82.2 cm³/mol. The molecule has 0 amide bonds. The summed E-state index contributed by atoms with van der Waals surface area (Å²) in [5, 5.41) is 3.38. The SMILES string of the molecule is CCNCC1CCCN1c1nccn(CC(C)C)c1=O. The zero-order valence-electron chi connectivity index (χ0n) is 12.8. The molecule has 1 aliphatic heterocycles. The number of likely N-dealkylation sites (N-methyl/N-ethyl adjacent to an activating group) is 1. The van der Waals surface area contributed by atoms with Gasteiger partial charge in [-0.25, -0.2) is 4.98 Å². The Morgan fingerprint density at radius 2 is 2.30 bits per heavy atom. The summed E-state index contributed by atoms with van der Waals surface area (Å²) in [5.74, 6) is 1.08. The van der Waals surface area contributed by atoms with Crippen LogP contribution in [0.15, 0.2) is 17.2 Å². The first-order chi connectivity index (χ1) is 9.63. The Morgan fingerprint density at radius 1 is 1.50 bits per heavy atom. The van der Waals surface area contributed by atoms with Crippen molar-refractivity contribution in [3.8, 4) is 0 Å². The van der Waals surface area contributed by atoms with Crippen molar-refractivity contribution in [2.45, 2.75) is 46.2 Å². The lowest BCUT2D eigenvalue weighted by Crippen LogP contribution is -2.42. The summed E-state index contributed by atoms with van der Waals surface area (Å²) in [6, 6.07) is 0.394. The number of anilines is 1. The highest BCUT2D eigenvalue weighted by molar-refractivity contribution is 5.39.